The Morgan fingerprint density at radius 1 is 1.12 bits per heavy atom. The average Bonchev–Trinajstić information content (AvgIpc) is 3.42. The van der Waals surface area contributed by atoms with Crippen LogP contribution in [-0.2, 0) is 16.1 Å². The minimum absolute atomic E-state index is 0.0637. The van der Waals surface area contributed by atoms with Crippen molar-refractivity contribution in [3.63, 3.8) is 0 Å². The summed E-state index contributed by atoms with van der Waals surface area (Å²) in [5.41, 5.74) is 1.19. The van der Waals surface area contributed by atoms with E-state index in [1.165, 1.54) is 5.56 Å². The quantitative estimate of drug-likeness (QED) is 0.648. The molecule has 2 saturated heterocycles. The number of benzene rings is 2. The number of nitrogens with zero attached hydrogens (tertiary/aromatic N) is 2. The number of likely N-dealkylation sites (tertiary alicyclic amines) is 1. The van der Waals surface area contributed by atoms with Crippen molar-refractivity contribution < 1.29 is 14.4 Å². The molecule has 0 saturated carbocycles. The van der Waals surface area contributed by atoms with Crippen LogP contribution < -0.4 is 10.6 Å². The molecule has 7 nitrogen and oxygen atoms in total. The number of likely N-dealkylation sites (N-methyl/N-ethyl adjacent to an activating group) is 1. The molecule has 0 aliphatic carbocycles. The van der Waals surface area contributed by atoms with Gasteiger partial charge in [-0.25, -0.2) is 0 Å². The Balaban J connectivity index is 1.27. The molecule has 7 heteroatoms. The second-order valence-corrected chi connectivity index (χ2v) is 9.00. The lowest BCUT2D eigenvalue weighted by Gasteiger charge is -2.22. The molecule has 2 fully saturated rings. The summed E-state index contributed by atoms with van der Waals surface area (Å²) in [6, 6.07) is 18.8. The smallest absolute Gasteiger partial charge is 0.253 e. The van der Waals surface area contributed by atoms with Crippen molar-refractivity contribution in [2.24, 2.45) is 5.41 Å². The molecule has 0 unspecified atom stereocenters. The number of hydrogen-bond donors (Lipinski definition) is 2. The highest BCUT2D eigenvalue weighted by molar-refractivity contribution is 5.97. The van der Waals surface area contributed by atoms with Crippen LogP contribution in [0, 0.1) is 5.41 Å². The number of rotatable bonds is 8. The molecule has 1 spiro atoms. The second kappa shape index (κ2) is 10.2. The van der Waals surface area contributed by atoms with Gasteiger partial charge < -0.3 is 15.5 Å². The number of nitrogens with one attached hydrogen (secondary N) is 2. The zero-order valence-corrected chi connectivity index (χ0v) is 19.1. The molecule has 2 aromatic carbocycles. The highest BCUT2D eigenvalue weighted by atomic mass is 16.2. The summed E-state index contributed by atoms with van der Waals surface area (Å²) in [4.78, 5) is 42.4. The van der Waals surface area contributed by atoms with Crippen LogP contribution in [-0.4, -0.2) is 66.3 Å². The second-order valence-electron chi connectivity index (χ2n) is 9.00. The monoisotopic (exact) mass is 448 g/mol. The van der Waals surface area contributed by atoms with Gasteiger partial charge in [0, 0.05) is 38.3 Å². The first-order valence-electron chi connectivity index (χ1n) is 11.7. The van der Waals surface area contributed by atoms with Crippen molar-refractivity contribution in [1.82, 2.24) is 20.4 Å². The van der Waals surface area contributed by atoms with E-state index >= 15 is 0 Å². The predicted molar refractivity (Wildman–Crippen MR) is 126 cm³/mol. The van der Waals surface area contributed by atoms with Gasteiger partial charge in [0.1, 0.15) is 6.04 Å². The Morgan fingerprint density at radius 3 is 2.52 bits per heavy atom. The van der Waals surface area contributed by atoms with E-state index in [0.717, 1.165) is 19.6 Å². The third kappa shape index (κ3) is 5.25. The van der Waals surface area contributed by atoms with E-state index in [9.17, 15) is 14.4 Å². The van der Waals surface area contributed by atoms with Crippen molar-refractivity contribution in [2.75, 3.05) is 32.7 Å². The molecule has 33 heavy (non-hydrogen) atoms. The highest BCUT2D eigenvalue weighted by Crippen LogP contribution is 2.40. The summed E-state index contributed by atoms with van der Waals surface area (Å²) in [5, 5.41) is 5.86. The molecule has 2 N–H and O–H groups in total. The number of carbonyl (C=O) groups is 3. The molecule has 0 aromatic heterocycles. The molecule has 0 radical (unpaired) electrons. The van der Waals surface area contributed by atoms with Gasteiger partial charge in [-0.15, -0.1) is 0 Å². The minimum Gasteiger partial charge on any atom is -0.353 e. The van der Waals surface area contributed by atoms with Gasteiger partial charge >= 0.3 is 0 Å². The molecule has 0 bridgehead atoms. The van der Waals surface area contributed by atoms with Crippen LogP contribution in [0.15, 0.2) is 60.7 Å². The van der Waals surface area contributed by atoms with Crippen LogP contribution in [0.5, 0.6) is 0 Å². The summed E-state index contributed by atoms with van der Waals surface area (Å²) in [6.45, 7) is 5.98. The lowest BCUT2D eigenvalue weighted by Crippen LogP contribution is -2.44. The van der Waals surface area contributed by atoms with Gasteiger partial charge in [-0.05, 0) is 37.1 Å². The van der Waals surface area contributed by atoms with Gasteiger partial charge in [0.05, 0.1) is 5.41 Å². The Hall–Kier alpha value is -3.19. The van der Waals surface area contributed by atoms with Crippen molar-refractivity contribution in [2.45, 2.75) is 32.4 Å². The molecule has 174 valence electrons. The Kier molecular flexibility index (Phi) is 7.08. The normalized spacial score (nSPS) is 22.1. The van der Waals surface area contributed by atoms with E-state index in [4.69, 9.17) is 0 Å². The number of amides is 3. The third-order valence-electron chi connectivity index (χ3n) is 6.78. The van der Waals surface area contributed by atoms with Crippen molar-refractivity contribution >= 4 is 17.7 Å². The average molecular weight is 449 g/mol. The third-order valence-corrected chi connectivity index (χ3v) is 6.78. The summed E-state index contributed by atoms with van der Waals surface area (Å²) < 4.78 is 0. The lowest BCUT2D eigenvalue weighted by molar-refractivity contribution is -0.128. The first kappa shape index (κ1) is 23.0. The van der Waals surface area contributed by atoms with E-state index in [1.54, 1.807) is 17.0 Å². The Bertz CT molecular complexity index is 982. The minimum atomic E-state index is -0.671. The molecule has 2 aliphatic heterocycles. The maximum atomic E-state index is 12.8. The summed E-state index contributed by atoms with van der Waals surface area (Å²) in [7, 11) is 0. The molecular weight excluding hydrogens is 416 g/mol. The van der Waals surface area contributed by atoms with Crippen LogP contribution in [0.2, 0.25) is 0 Å². The van der Waals surface area contributed by atoms with Gasteiger partial charge in [0.15, 0.2) is 0 Å². The highest BCUT2D eigenvalue weighted by Gasteiger charge is 2.53. The molecule has 2 aliphatic rings. The topological polar surface area (TPSA) is 81.8 Å². The zero-order valence-electron chi connectivity index (χ0n) is 19.1. The fourth-order valence-electron chi connectivity index (χ4n) is 4.82. The summed E-state index contributed by atoms with van der Waals surface area (Å²) >= 11 is 0. The zero-order chi connectivity index (χ0) is 23.3. The van der Waals surface area contributed by atoms with Crippen LogP contribution in [0.25, 0.3) is 0 Å². The first-order valence-corrected chi connectivity index (χ1v) is 11.7. The van der Waals surface area contributed by atoms with E-state index in [2.05, 4.69) is 34.6 Å². The van der Waals surface area contributed by atoms with Crippen molar-refractivity contribution in [1.29, 1.82) is 0 Å². The summed E-state index contributed by atoms with van der Waals surface area (Å²) in [5.74, 6) is -0.333. The maximum absolute atomic E-state index is 12.8. The van der Waals surface area contributed by atoms with Crippen LogP contribution in [0.1, 0.15) is 35.7 Å². The van der Waals surface area contributed by atoms with Crippen molar-refractivity contribution in [3.8, 4) is 0 Å². The van der Waals surface area contributed by atoms with Crippen LogP contribution in [0.4, 0.5) is 0 Å². The van der Waals surface area contributed by atoms with E-state index in [0.29, 0.717) is 38.0 Å². The number of hydrogen-bond acceptors (Lipinski definition) is 4. The lowest BCUT2D eigenvalue weighted by atomic mass is 9.84. The van der Waals surface area contributed by atoms with Gasteiger partial charge in [-0.1, -0.05) is 55.5 Å². The van der Waals surface area contributed by atoms with Crippen LogP contribution >= 0.6 is 0 Å². The van der Waals surface area contributed by atoms with Crippen molar-refractivity contribution in [3.05, 3.63) is 71.8 Å². The Labute approximate surface area is 195 Å². The molecule has 2 heterocycles. The predicted octanol–water partition coefficient (Wildman–Crippen LogP) is 2.05. The molecular formula is C26H32N4O3. The van der Waals surface area contributed by atoms with E-state index in [-0.39, 0.29) is 17.7 Å². The van der Waals surface area contributed by atoms with Crippen LogP contribution in [0.3, 0.4) is 0 Å². The first-order chi connectivity index (χ1) is 16.0. The maximum Gasteiger partial charge on any atom is 0.253 e. The van der Waals surface area contributed by atoms with E-state index in [1.807, 2.05) is 36.4 Å². The van der Waals surface area contributed by atoms with Gasteiger partial charge in [-0.3, -0.25) is 19.3 Å². The Morgan fingerprint density at radius 2 is 1.82 bits per heavy atom. The number of carbonyl (C=O) groups excluding carboxylic acids is 3. The SMILES string of the molecule is CCN(CCNC(=O)[C@@H]1C[C@@]2(CCN(C(=O)c3ccccc3)C2)C(=O)N1)Cc1ccccc1. The van der Waals surface area contributed by atoms with Gasteiger partial charge in [0.25, 0.3) is 5.91 Å². The molecule has 2 atom stereocenters. The largest absolute Gasteiger partial charge is 0.353 e. The standard InChI is InChI=1S/C26H32N4O3/c1-2-29(18-20-9-5-3-6-10-20)16-14-27-23(31)22-17-26(25(33)28-22)13-15-30(19-26)24(32)21-11-7-4-8-12-21/h3-12,22H,2,13-19H2,1H3,(H,27,31)(H,28,33)/t22-,26+/m0/s1. The van der Waals surface area contributed by atoms with Gasteiger partial charge in [0.2, 0.25) is 11.8 Å². The summed E-state index contributed by atoms with van der Waals surface area (Å²) in [6.07, 6.45) is 1.01. The molecule has 3 amide bonds. The fraction of sp³-hybridized carbons (Fsp3) is 0.423. The fourth-order valence-corrected chi connectivity index (χ4v) is 4.82. The van der Waals surface area contributed by atoms with Gasteiger partial charge in [-0.2, -0.15) is 0 Å². The molecule has 2 aromatic rings. The molecule has 4 rings (SSSR count). The van der Waals surface area contributed by atoms with E-state index < -0.39 is 11.5 Å².